The molecule has 0 fully saturated rings. The zero-order chi connectivity index (χ0) is 15.2. The first-order valence-electron chi connectivity index (χ1n) is 7.68. The molecule has 0 amide bonds. The molecule has 1 aromatic carbocycles. The van der Waals surface area contributed by atoms with Gasteiger partial charge in [0.15, 0.2) is 0 Å². The van der Waals surface area contributed by atoms with E-state index < -0.39 is 0 Å². The Morgan fingerprint density at radius 1 is 1.19 bits per heavy atom. The molecule has 1 heterocycles. The van der Waals surface area contributed by atoms with E-state index in [2.05, 4.69) is 48.0 Å². The molecule has 0 atom stereocenters. The van der Waals surface area contributed by atoms with Gasteiger partial charge in [0.1, 0.15) is 0 Å². The van der Waals surface area contributed by atoms with Crippen molar-refractivity contribution >= 4 is 18.2 Å². The maximum absolute atomic E-state index is 5.41. The molecule has 1 N–H and O–H groups in total. The highest BCUT2D eigenvalue weighted by Crippen LogP contribution is 2.20. The van der Waals surface area contributed by atoms with Gasteiger partial charge in [-0.15, -0.1) is 5.10 Å². The predicted octanol–water partition coefficient (Wildman–Crippen LogP) is 4.19. The van der Waals surface area contributed by atoms with Crippen LogP contribution in [0.3, 0.4) is 0 Å². The summed E-state index contributed by atoms with van der Waals surface area (Å²) in [7, 11) is 0. The van der Waals surface area contributed by atoms with Crippen LogP contribution in [0.4, 0.5) is 5.95 Å². The molecule has 0 saturated heterocycles. The monoisotopic (exact) mass is 304 g/mol. The summed E-state index contributed by atoms with van der Waals surface area (Å²) in [6, 6.07) is 10.2. The van der Waals surface area contributed by atoms with E-state index in [0.29, 0.717) is 10.7 Å². The van der Waals surface area contributed by atoms with Crippen molar-refractivity contribution in [3.05, 3.63) is 35.1 Å². The van der Waals surface area contributed by atoms with Gasteiger partial charge in [0.25, 0.3) is 0 Å². The van der Waals surface area contributed by atoms with Crippen LogP contribution in [0.15, 0.2) is 30.3 Å². The number of anilines is 1. The Kier molecular flexibility index (Phi) is 5.56. The molecule has 21 heavy (non-hydrogen) atoms. The maximum Gasteiger partial charge on any atom is 0.230 e. The van der Waals surface area contributed by atoms with Gasteiger partial charge < -0.3 is 4.90 Å². The second-order valence-corrected chi connectivity index (χ2v) is 5.61. The van der Waals surface area contributed by atoms with Gasteiger partial charge in [-0.3, -0.25) is 4.57 Å². The smallest absolute Gasteiger partial charge is 0.230 e. The summed E-state index contributed by atoms with van der Waals surface area (Å²) in [4.78, 5) is 2.30. The molecule has 2 aromatic rings. The number of nitrogens with zero attached hydrogens (tertiary/aromatic N) is 3. The second-order valence-electron chi connectivity index (χ2n) is 5.22. The molecule has 0 spiro atoms. The molecule has 0 unspecified atom stereocenters. The van der Waals surface area contributed by atoms with E-state index in [1.54, 1.807) is 0 Å². The Bertz CT molecular complexity index is 598. The summed E-state index contributed by atoms with van der Waals surface area (Å²) in [5.41, 5.74) is 1.05. The van der Waals surface area contributed by atoms with E-state index in [4.69, 9.17) is 12.2 Å². The Morgan fingerprint density at radius 2 is 1.86 bits per heavy atom. The fourth-order valence-electron chi connectivity index (χ4n) is 2.52. The summed E-state index contributed by atoms with van der Waals surface area (Å²) >= 11 is 5.41. The Labute approximate surface area is 131 Å². The van der Waals surface area contributed by atoms with Crippen LogP contribution in [0.25, 0.3) is 5.69 Å². The van der Waals surface area contributed by atoms with Gasteiger partial charge in [0.05, 0.1) is 5.69 Å². The Balaban J connectivity index is 2.37. The van der Waals surface area contributed by atoms with Crippen LogP contribution in [0.1, 0.15) is 33.6 Å². The maximum atomic E-state index is 5.41. The van der Waals surface area contributed by atoms with E-state index in [1.165, 1.54) is 12.8 Å². The summed E-state index contributed by atoms with van der Waals surface area (Å²) in [5.74, 6) is 1.58. The van der Waals surface area contributed by atoms with E-state index in [1.807, 2.05) is 22.8 Å². The molecule has 0 bridgehead atoms. The van der Waals surface area contributed by atoms with Gasteiger partial charge in [-0.05, 0) is 37.2 Å². The summed E-state index contributed by atoms with van der Waals surface area (Å²) in [6.07, 6.45) is 2.37. The number of benzene rings is 1. The molecular formula is C16H24N4S. The molecule has 1 aromatic heterocycles. The Hall–Kier alpha value is -1.62. The third-order valence-electron chi connectivity index (χ3n) is 3.97. The van der Waals surface area contributed by atoms with Crippen LogP contribution in [0.2, 0.25) is 0 Å². The number of rotatable bonds is 7. The fraction of sp³-hybridized carbons (Fsp3) is 0.500. The molecule has 0 radical (unpaired) electrons. The largest absolute Gasteiger partial charge is 0.341 e. The van der Waals surface area contributed by atoms with Crippen molar-refractivity contribution in [1.29, 1.82) is 0 Å². The van der Waals surface area contributed by atoms with Gasteiger partial charge in [0, 0.05) is 13.1 Å². The summed E-state index contributed by atoms with van der Waals surface area (Å²) in [5, 5.41) is 7.39. The topological polar surface area (TPSA) is 36.9 Å². The molecule has 0 aliphatic carbocycles. The van der Waals surface area contributed by atoms with Gasteiger partial charge in [-0.1, -0.05) is 44.9 Å². The molecule has 0 aliphatic rings. The highest BCUT2D eigenvalue weighted by molar-refractivity contribution is 7.71. The molecule has 5 heteroatoms. The lowest BCUT2D eigenvalue weighted by atomic mass is 10.0. The highest BCUT2D eigenvalue weighted by atomic mass is 32.1. The molecule has 4 nitrogen and oxygen atoms in total. The first-order valence-corrected chi connectivity index (χ1v) is 8.09. The van der Waals surface area contributed by atoms with Gasteiger partial charge >= 0.3 is 0 Å². The van der Waals surface area contributed by atoms with Crippen molar-refractivity contribution in [3.8, 4) is 5.69 Å². The van der Waals surface area contributed by atoms with Crippen molar-refractivity contribution in [2.45, 2.75) is 33.6 Å². The number of hydrogen-bond donors (Lipinski definition) is 1. The lowest BCUT2D eigenvalue weighted by molar-refractivity contribution is 0.481. The minimum absolute atomic E-state index is 0.638. The molecule has 114 valence electrons. The summed E-state index contributed by atoms with van der Waals surface area (Å²) in [6.45, 7) is 8.58. The van der Waals surface area contributed by atoms with E-state index >= 15 is 0 Å². The number of nitrogens with one attached hydrogen (secondary N) is 1. The highest BCUT2D eigenvalue weighted by Gasteiger charge is 2.17. The number of H-pyrrole nitrogens is 1. The number of para-hydroxylation sites is 1. The standard InChI is InChI=1S/C16H24N4S/c1-4-13(5-2)12-19(6-3)15-17-18-16(21)20(15)14-10-8-7-9-11-14/h7-11,13H,4-6,12H2,1-3H3,(H,18,21). The van der Waals surface area contributed by atoms with Crippen molar-refractivity contribution in [3.63, 3.8) is 0 Å². The Morgan fingerprint density at radius 3 is 2.43 bits per heavy atom. The lowest BCUT2D eigenvalue weighted by Gasteiger charge is -2.26. The summed E-state index contributed by atoms with van der Waals surface area (Å²) < 4.78 is 2.65. The van der Waals surface area contributed by atoms with E-state index in [-0.39, 0.29) is 0 Å². The molecule has 2 rings (SSSR count). The lowest BCUT2D eigenvalue weighted by Crippen LogP contribution is -2.31. The quantitative estimate of drug-likeness (QED) is 0.779. The van der Waals surface area contributed by atoms with Crippen molar-refractivity contribution in [1.82, 2.24) is 14.8 Å². The van der Waals surface area contributed by atoms with Crippen LogP contribution in [0.5, 0.6) is 0 Å². The third-order valence-corrected chi connectivity index (χ3v) is 4.24. The van der Waals surface area contributed by atoms with Crippen LogP contribution in [0, 0.1) is 10.7 Å². The second kappa shape index (κ2) is 7.41. The average Bonchev–Trinajstić information content (AvgIpc) is 2.91. The van der Waals surface area contributed by atoms with Crippen LogP contribution in [-0.2, 0) is 0 Å². The molecule has 0 aliphatic heterocycles. The number of aromatic amines is 1. The van der Waals surface area contributed by atoms with Gasteiger partial charge in [-0.2, -0.15) is 0 Å². The SMILES string of the molecule is CCC(CC)CN(CC)c1n[nH]c(=S)n1-c1ccccc1. The average molecular weight is 304 g/mol. The van der Waals surface area contributed by atoms with Crippen molar-refractivity contribution in [2.75, 3.05) is 18.0 Å². The number of aromatic nitrogens is 3. The van der Waals surface area contributed by atoms with Gasteiger partial charge in [0.2, 0.25) is 10.7 Å². The van der Waals surface area contributed by atoms with Gasteiger partial charge in [-0.25, -0.2) is 5.10 Å². The minimum Gasteiger partial charge on any atom is -0.341 e. The minimum atomic E-state index is 0.638. The van der Waals surface area contributed by atoms with E-state index in [9.17, 15) is 0 Å². The molecule has 0 saturated carbocycles. The van der Waals surface area contributed by atoms with Crippen LogP contribution < -0.4 is 4.90 Å². The first kappa shape index (κ1) is 15.8. The van der Waals surface area contributed by atoms with E-state index in [0.717, 1.165) is 24.7 Å². The zero-order valence-corrected chi connectivity index (χ0v) is 13.9. The van der Waals surface area contributed by atoms with Crippen LogP contribution >= 0.6 is 12.2 Å². The molecular weight excluding hydrogens is 280 g/mol. The zero-order valence-electron chi connectivity index (χ0n) is 13.0. The first-order chi connectivity index (χ1) is 10.2. The fourth-order valence-corrected chi connectivity index (χ4v) is 2.75. The third kappa shape index (κ3) is 3.53. The van der Waals surface area contributed by atoms with Crippen LogP contribution in [-0.4, -0.2) is 27.9 Å². The van der Waals surface area contributed by atoms with Crippen molar-refractivity contribution < 1.29 is 0 Å². The number of hydrogen-bond acceptors (Lipinski definition) is 3. The predicted molar refractivity (Wildman–Crippen MR) is 90.7 cm³/mol. The normalized spacial score (nSPS) is 11.0. The van der Waals surface area contributed by atoms with Crippen molar-refractivity contribution in [2.24, 2.45) is 5.92 Å².